The maximum Gasteiger partial charge on any atom is 0.342 e. The lowest BCUT2D eigenvalue weighted by Crippen LogP contribution is -2.19. The van der Waals surface area contributed by atoms with Gasteiger partial charge in [0.2, 0.25) is 0 Å². The molecule has 16 nitrogen and oxygen atoms in total. The third kappa shape index (κ3) is 11.4. The van der Waals surface area contributed by atoms with E-state index in [-0.39, 0.29) is 136 Å². The minimum atomic E-state index is -0.735. The first kappa shape index (κ1) is 40.1. The number of esters is 8. The van der Waals surface area contributed by atoms with Gasteiger partial charge in [0.05, 0.1) is 44.6 Å². The van der Waals surface area contributed by atoms with Gasteiger partial charge in [-0.2, -0.15) is 0 Å². The molecule has 3 aliphatic carbocycles. The average Bonchev–Trinajstić information content (AvgIpc) is 3.23. The molecule has 0 spiro atoms. The van der Waals surface area contributed by atoms with Crippen LogP contribution >= 0.6 is 0 Å². The fourth-order valence-electron chi connectivity index (χ4n) is 5.00. The van der Waals surface area contributed by atoms with Gasteiger partial charge in [0, 0.05) is 0 Å². The van der Waals surface area contributed by atoms with Crippen molar-refractivity contribution in [2.75, 3.05) is 52.9 Å². The zero-order chi connectivity index (χ0) is 39.9. The maximum absolute atomic E-state index is 12.4. The van der Waals surface area contributed by atoms with Crippen molar-refractivity contribution in [3.8, 4) is 0 Å². The fourth-order valence-corrected chi connectivity index (χ4v) is 5.00. The average molecular weight is 769 g/mol. The number of rotatable bonds is 0. The first-order chi connectivity index (χ1) is 27.1. The highest BCUT2D eigenvalue weighted by molar-refractivity contribution is 5.95. The Bertz CT molecular complexity index is 2010. The van der Waals surface area contributed by atoms with Crippen molar-refractivity contribution in [2.24, 2.45) is 0 Å². The van der Waals surface area contributed by atoms with Gasteiger partial charge in [0.15, 0.2) is 0 Å². The van der Waals surface area contributed by atoms with Crippen molar-refractivity contribution in [1.29, 1.82) is 0 Å². The normalized spacial score (nSPS) is 19.6. The summed E-state index contributed by atoms with van der Waals surface area (Å²) in [4.78, 5) is 99.3. The van der Waals surface area contributed by atoms with Crippen LogP contribution in [0.4, 0.5) is 0 Å². The molecule has 10 aliphatic rings. The van der Waals surface area contributed by atoms with Gasteiger partial charge in [-0.1, -0.05) is 34.4 Å². The Morgan fingerprint density at radius 2 is 0.429 bits per heavy atom. The Kier molecular flexibility index (Phi) is 14.2. The van der Waals surface area contributed by atoms with Crippen molar-refractivity contribution in [3.63, 3.8) is 0 Å². The predicted molar refractivity (Wildman–Crippen MR) is 183 cm³/mol. The molecule has 0 saturated carbocycles. The topological polar surface area (TPSA) is 210 Å². The summed E-state index contributed by atoms with van der Waals surface area (Å²) in [6, 6.07) is 5.37. The number of benzene rings is 1. The van der Waals surface area contributed by atoms with Gasteiger partial charge in [-0.25, -0.2) is 38.4 Å². The van der Waals surface area contributed by atoms with Crippen LogP contribution in [0.25, 0.3) is 0 Å². The van der Waals surface area contributed by atoms with Gasteiger partial charge in [-0.05, 0) is 62.8 Å². The molecule has 1 aromatic rings. The summed E-state index contributed by atoms with van der Waals surface area (Å²) in [6.45, 7) is -2.12. The van der Waals surface area contributed by atoms with Gasteiger partial charge in [-0.3, -0.25) is 0 Å². The molecule has 0 aromatic heterocycles. The largest absolute Gasteiger partial charge is 0.458 e. The highest BCUT2D eigenvalue weighted by Gasteiger charge is 2.23. The second-order valence-electron chi connectivity index (χ2n) is 11.8. The molecule has 288 valence electrons. The number of ether oxygens (including phenoxy) is 8. The molecule has 11 rings (SSSR count). The lowest BCUT2D eigenvalue weighted by Gasteiger charge is -2.12. The van der Waals surface area contributed by atoms with Gasteiger partial charge >= 0.3 is 47.8 Å². The van der Waals surface area contributed by atoms with Crippen LogP contribution in [0, 0.1) is 0 Å². The van der Waals surface area contributed by atoms with E-state index < -0.39 is 47.8 Å². The summed E-state index contributed by atoms with van der Waals surface area (Å²) >= 11 is 0. The van der Waals surface area contributed by atoms with Crippen molar-refractivity contribution >= 4 is 47.8 Å². The summed E-state index contributed by atoms with van der Waals surface area (Å²) in [5.41, 5.74) is 16.4. The molecule has 7 aliphatic heterocycles. The van der Waals surface area contributed by atoms with E-state index in [0.29, 0.717) is 0 Å². The van der Waals surface area contributed by atoms with Crippen LogP contribution < -0.4 is 0 Å². The summed E-state index contributed by atoms with van der Waals surface area (Å²) < 4.78 is 41.0. The Morgan fingerprint density at radius 1 is 0.268 bits per heavy atom. The molecule has 0 atom stereocenters. The Morgan fingerprint density at radius 3 is 0.589 bits per heavy atom. The molecule has 0 unspecified atom stereocenters. The van der Waals surface area contributed by atoms with Crippen molar-refractivity contribution in [1.82, 2.24) is 0 Å². The van der Waals surface area contributed by atoms with Crippen LogP contribution in [0.2, 0.25) is 0 Å². The standard InChI is InChI=1S/C40H32O16/c41-33-25-1-2-26(4-3-25)34(42)50-19-20-52-36(44)28-9-11-30(12-10-28)38(46)54-23-24-56-40(48)32-15-13-31(14-16-32)39(47)55-22-21-53-37(45)29-7-5-27(6-8-29)35(43)51-18-17-49-33/h1-4H,5,7,9,11,13,15,17-24H2. The van der Waals surface area contributed by atoms with Gasteiger partial charge in [0.1, 0.15) is 52.9 Å². The summed E-state index contributed by atoms with van der Waals surface area (Å²) in [6.07, 6.45) is 0.644. The van der Waals surface area contributed by atoms with Crippen molar-refractivity contribution in [3.05, 3.63) is 103 Å². The number of hydrogen-bond donors (Lipinski definition) is 0. The van der Waals surface area contributed by atoms with Crippen molar-refractivity contribution < 1.29 is 76.3 Å². The minimum absolute atomic E-state index is 0.107. The van der Waals surface area contributed by atoms with E-state index in [2.05, 4.69) is 34.4 Å². The fraction of sp³-hybridized carbons (Fsp3) is 0.350. The number of carbonyl (C=O) groups is 8. The Hall–Kier alpha value is -7.12. The van der Waals surface area contributed by atoms with Crippen LogP contribution in [0.5, 0.6) is 0 Å². The van der Waals surface area contributed by atoms with E-state index in [1.165, 1.54) is 24.3 Å². The molecular weight excluding hydrogens is 736 g/mol. The van der Waals surface area contributed by atoms with Crippen LogP contribution in [0.3, 0.4) is 0 Å². The van der Waals surface area contributed by atoms with E-state index in [1.807, 2.05) is 0 Å². The third-order valence-electron chi connectivity index (χ3n) is 8.00. The lowest BCUT2D eigenvalue weighted by molar-refractivity contribution is -0.147. The second-order valence-corrected chi connectivity index (χ2v) is 11.8. The predicted octanol–water partition coefficient (Wildman–Crippen LogP) is 2.47. The van der Waals surface area contributed by atoms with Gasteiger partial charge in [-0.15, -0.1) is 0 Å². The minimum Gasteiger partial charge on any atom is -0.458 e. The molecule has 7 heterocycles. The molecule has 16 heteroatoms. The molecule has 0 amide bonds. The first-order valence-electron chi connectivity index (χ1n) is 17.3. The van der Waals surface area contributed by atoms with E-state index >= 15 is 0 Å². The highest BCUT2D eigenvalue weighted by Crippen LogP contribution is 2.20. The monoisotopic (exact) mass is 768 g/mol. The zero-order valence-electron chi connectivity index (χ0n) is 29.7. The molecule has 0 saturated heterocycles. The molecule has 8 bridgehead atoms. The third-order valence-corrected chi connectivity index (χ3v) is 8.00. The van der Waals surface area contributed by atoms with E-state index in [0.717, 1.165) is 0 Å². The summed E-state index contributed by atoms with van der Waals surface area (Å²) in [5, 5.41) is 0. The molecular formula is C40H32O16. The first-order valence-corrected chi connectivity index (χ1v) is 17.3. The smallest absolute Gasteiger partial charge is 0.342 e. The van der Waals surface area contributed by atoms with Gasteiger partial charge < -0.3 is 37.9 Å². The maximum atomic E-state index is 12.4. The zero-order valence-corrected chi connectivity index (χ0v) is 29.7. The van der Waals surface area contributed by atoms with E-state index in [9.17, 15) is 38.4 Å². The van der Waals surface area contributed by atoms with E-state index in [4.69, 9.17) is 37.9 Å². The quantitative estimate of drug-likeness (QED) is 0.211. The molecule has 56 heavy (non-hydrogen) atoms. The Labute approximate surface area is 318 Å². The lowest BCUT2D eigenvalue weighted by atomic mass is 10.0. The highest BCUT2D eigenvalue weighted by atomic mass is 16.6. The molecule has 0 radical (unpaired) electrons. The van der Waals surface area contributed by atoms with Crippen molar-refractivity contribution in [2.45, 2.75) is 38.5 Å². The SMILES string of the molecule is O=C1OCCOC(=O)C2=C=C=C(CC2)C(=O)OCCOC(=O)c2ccc(cc2)C(=O)OCCOC(=O)C2=C=C=C(CC2)C(=O)OCCOC(=O)C2=C=C=C1CC2. The number of hydrogen-bond acceptors (Lipinski definition) is 16. The molecule has 1 aromatic carbocycles. The van der Waals surface area contributed by atoms with Crippen LogP contribution in [0.1, 0.15) is 59.2 Å². The van der Waals surface area contributed by atoms with Crippen LogP contribution in [-0.2, 0) is 66.7 Å². The summed E-state index contributed by atoms with van der Waals surface area (Å²) in [7, 11) is 0. The number of carbonyl (C=O) groups excluding carboxylic acids is 8. The summed E-state index contributed by atoms with van der Waals surface area (Å²) in [5.74, 6) is -5.88. The molecule has 0 N–H and O–H groups in total. The molecule has 0 fully saturated rings. The van der Waals surface area contributed by atoms with E-state index in [1.54, 1.807) is 0 Å². The Balaban J connectivity index is 1.21. The second kappa shape index (κ2) is 19.8. The van der Waals surface area contributed by atoms with Crippen LogP contribution in [0.15, 0.2) is 92.1 Å². The van der Waals surface area contributed by atoms with Crippen LogP contribution in [-0.4, -0.2) is 101 Å². The van der Waals surface area contributed by atoms with Gasteiger partial charge in [0.25, 0.3) is 0 Å².